The molecule has 72 valence electrons. The average Bonchev–Trinajstić information content (AvgIpc) is 2.04. The smallest absolute Gasteiger partial charge is 0.115 e. The Hall–Kier alpha value is -1.06. The number of aliphatic hydroxyl groups excluding tert-OH is 1. The Morgan fingerprint density at radius 1 is 1.46 bits per heavy atom. The topological polar surface area (TPSA) is 49.7 Å². The number of benzene rings is 1. The van der Waals surface area contributed by atoms with Gasteiger partial charge in [-0.2, -0.15) is 0 Å². The van der Waals surface area contributed by atoms with Crippen LogP contribution in [-0.4, -0.2) is 30.0 Å². The standard InChI is InChI=1S/C10H14O3/c1-13-7-10(12)6-8-3-2-4-9(11)5-8/h2-5,10-12H,6-7H2,1H3. The Labute approximate surface area is 77.6 Å². The minimum absolute atomic E-state index is 0.224. The molecule has 0 bridgehead atoms. The van der Waals surface area contributed by atoms with Crippen LogP contribution in [0.15, 0.2) is 24.3 Å². The Kier molecular flexibility index (Phi) is 3.73. The van der Waals surface area contributed by atoms with Gasteiger partial charge in [0.25, 0.3) is 0 Å². The molecule has 1 aromatic rings. The minimum Gasteiger partial charge on any atom is -0.508 e. The van der Waals surface area contributed by atoms with Crippen molar-refractivity contribution >= 4 is 0 Å². The molecular weight excluding hydrogens is 168 g/mol. The molecule has 1 aromatic carbocycles. The van der Waals surface area contributed by atoms with Gasteiger partial charge in [-0.25, -0.2) is 0 Å². The lowest BCUT2D eigenvalue weighted by molar-refractivity contribution is 0.0650. The van der Waals surface area contributed by atoms with Gasteiger partial charge in [0.1, 0.15) is 5.75 Å². The fourth-order valence-electron chi connectivity index (χ4n) is 1.21. The van der Waals surface area contributed by atoms with Crippen LogP contribution in [0.3, 0.4) is 0 Å². The Bertz CT molecular complexity index is 260. The fraction of sp³-hybridized carbons (Fsp3) is 0.400. The van der Waals surface area contributed by atoms with E-state index in [1.807, 2.05) is 6.07 Å². The number of hydrogen-bond donors (Lipinski definition) is 2. The predicted octanol–water partition coefficient (Wildman–Crippen LogP) is 0.942. The lowest BCUT2D eigenvalue weighted by Crippen LogP contribution is -2.16. The molecule has 0 saturated carbocycles. The maximum absolute atomic E-state index is 9.39. The zero-order valence-electron chi connectivity index (χ0n) is 7.60. The predicted molar refractivity (Wildman–Crippen MR) is 49.7 cm³/mol. The second kappa shape index (κ2) is 4.84. The van der Waals surface area contributed by atoms with Gasteiger partial charge in [0.15, 0.2) is 0 Å². The van der Waals surface area contributed by atoms with Gasteiger partial charge in [-0.05, 0) is 17.7 Å². The zero-order chi connectivity index (χ0) is 9.68. The maximum Gasteiger partial charge on any atom is 0.115 e. The second-order valence-electron chi connectivity index (χ2n) is 2.98. The Balaban J connectivity index is 2.53. The number of phenolic OH excluding ortho intramolecular Hbond substituents is 1. The number of rotatable bonds is 4. The van der Waals surface area contributed by atoms with Gasteiger partial charge in [0.05, 0.1) is 12.7 Å². The summed E-state index contributed by atoms with van der Waals surface area (Å²) in [7, 11) is 1.55. The highest BCUT2D eigenvalue weighted by molar-refractivity contribution is 5.27. The first-order chi connectivity index (χ1) is 6.22. The van der Waals surface area contributed by atoms with Gasteiger partial charge in [0, 0.05) is 13.5 Å². The van der Waals surface area contributed by atoms with Crippen LogP contribution < -0.4 is 0 Å². The summed E-state index contributed by atoms with van der Waals surface area (Å²) in [6.07, 6.45) is -0.00537. The number of methoxy groups -OCH3 is 1. The zero-order valence-corrected chi connectivity index (χ0v) is 7.60. The van der Waals surface area contributed by atoms with E-state index >= 15 is 0 Å². The highest BCUT2D eigenvalue weighted by atomic mass is 16.5. The molecule has 0 spiro atoms. The quantitative estimate of drug-likeness (QED) is 0.728. The van der Waals surface area contributed by atoms with E-state index in [1.54, 1.807) is 25.3 Å². The molecule has 13 heavy (non-hydrogen) atoms. The van der Waals surface area contributed by atoms with Crippen LogP contribution in [0, 0.1) is 0 Å². The third-order valence-corrected chi connectivity index (χ3v) is 1.74. The van der Waals surface area contributed by atoms with Crippen LogP contribution in [0.4, 0.5) is 0 Å². The summed E-state index contributed by atoms with van der Waals surface area (Å²) in [5, 5.41) is 18.5. The molecule has 1 rings (SSSR count). The van der Waals surface area contributed by atoms with E-state index < -0.39 is 6.10 Å². The molecule has 0 amide bonds. The van der Waals surface area contributed by atoms with Crippen molar-refractivity contribution in [2.45, 2.75) is 12.5 Å². The summed E-state index contributed by atoms with van der Waals surface area (Å²) in [5.74, 6) is 0.224. The summed E-state index contributed by atoms with van der Waals surface area (Å²) in [6, 6.07) is 6.86. The maximum atomic E-state index is 9.39. The summed E-state index contributed by atoms with van der Waals surface area (Å²) in [6.45, 7) is 0.315. The van der Waals surface area contributed by atoms with E-state index in [1.165, 1.54) is 0 Å². The number of ether oxygens (including phenoxy) is 1. The largest absolute Gasteiger partial charge is 0.508 e. The third-order valence-electron chi connectivity index (χ3n) is 1.74. The van der Waals surface area contributed by atoms with Crippen molar-refractivity contribution < 1.29 is 14.9 Å². The van der Waals surface area contributed by atoms with Crippen molar-refractivity contribution in [2.24, 2.45) is 0 Å². The van der Waals surface area contributed by atoms with Gasteiger partial charge in [-0.3, -0.25) is 0 Å². The minimum atomic E-state index is -0.508. The first-order valence-electron chi connectivity index (χ1n) is 4.17. The third kappa shape index (κ3) is 3.44. The SMILES string of the molecule is COCC(O)Cc1cccc(O)c1. The van der Waals surface area contributed by atoms with E-state index in [-0.39, 0.29) is 5.75 Å². The fourth-order valence-corrected chi connectivity index (χ4v) is 1.21. The second-order valence-corrected chi connectivity index (χ2v) is 2.98. The summed E-state index contributed by atoms with van der Waals surface area (Å²) < 4.78 is 4.79. The molecule has 0 radical (unpaired) electrons. The first kappa shape index (κ1) is 10.0. The van der Waals surface area contributed by atoms with Gasteiger partial charge in [0.2, 0.25) is 0 Å². The molecule has 2 N–H and O–H groups in total. The van der Waals surface area contributed by atoms with E-state index in [9.17, 15) is 5.11 Å². The molecule has 0 fully saturated rings. The molecule has 3 nitrogen and oxygen atoms in total. The van der Waals surface area contributed by atoms with E-state index in [4.69, 9.17) is 9.84 Å². The van der Waals surface area contributed by atoms with E-state index in [0.29, 0.717) is 13.0 Å². The normalized spacial score (nSPS) is 12.8. The molecule has 0 aliphatic carbocycles. The van der Waals surface area contributed by atoms with E-state index in [2.05, 4.69) is 0 Å². The van der Waals surface area contributed by atoms with Crippen molar-refractivity contribution in [1.82, 2.24) is 0 Å². The number of phenols is 1. The highest BCUT2D eigenvalue weighted by Gasteiger charge is 2.04. The van der Waals surface area contributed by atoms with E-state index in [0.717, 1.165) is 5.56 Å². The summed E-state index contributed by atoms with van der Waals surface area (Å²) in [5.41, 5.74) is 0.907. The van der Waals surface area contributed by atoms with Crippen molar-refractivity contribution in [3.8, 4) is 5.75 Å². The lowest BCUT2D eigenvalue weighted by Gasteiger charge is -2.08. The molecule has 0 aliphatic heterocycles. The van der Waals surface area contributed by atoms with Crippen LogP contribution in [-0.2, 0) is 11.2 Å². The van der Waals surface area contributed by atoms with Gasteiger partial charge in [-0.15, -0.1) is 0 Å². The number of aliphatic hydroxyl groups is 1. The van der Waals surface area contributed by atoms with Crippen LogP contribution in [0.1, 0.15) is 5.56 Å². The average molecular weight is 182 g/mol. The summed E-state index contributed by atoms with van der Waals surface area (Å²) >= 11 is 0. The van der Waals surface area contributed by atoms with Crippen molar-refractivity contribution in [2.75, 3.05) is 13.7 Å². The van der Waals surface area contributed by atoms with Crippen LogP contribution in [0.25, 0.3) is 0 Å². The summed E-state index contributed by atoms with van der Waals surface area (Å²) in [4.78, 5) is 0. The molecule has 0 aliphatic rings. The molecule has 0 saturated heterocycles. The van der Waals surface area contributed by atoms with Crippen LogP contribution >= 0.6 is 0 Å². The van der Waals surface area contributed by atoms with Gasteiger partial charge in [-0.1, -0.05) is 12.1 Å². The number of hydrogen-bond acceptors (Lipinski definition) is 3. The van der Waals surface area contributed by atoms with Gasteiger partial charge >= 0.3 is 0 Å². The van der Waals surface area contributed by atoms with Gasteiger partial charge < -0.3 is 14.9 Å². The van der Waals surface area contributed by atoms with Crippen molar-refractivity contribution in [3.63, 3.8) is 0 Å². The first-order valence-corrected chi connectivity index (χ1v) is 4.17. The Morgan fingerprint density at radius 2 is 2.23 bits per heavy atom. The molecule has 1 unspecified atom stereocenters. The molecule has 0 aromatic heterocycles. The van der Waals surface area contributed by atoms with Crippen molar-refractivity contribution in [1.29, 1.82) is 0 Å². The number of aromatic hydroxyl groups is 1. The monoisotopic (exact) mass is 182 g/mol. The molecular formula is C10H14O3. The van der Waals surface area contributed by atoms with Crippen molar-refractivity contribution in [3.05, 3.63) is 29.8 Å². The van der Waals surface area contributed by atoms with Crippen LogP contribution in [0.2, 0.25) is 0 Å². The lowest BCUT2D eigenvalue weighted by atomic mass is 10.1. The molecule has 1 atom stereocenters. The molecule has 0 heterocycles. The highest BCUT2D eigenvalue weighted by Crippen LogP contribution is 2.12. The molecule has 3 heteroatoms. The Morgan fingerprint density at radius 3 is 2.85 bits per heavy atom. The van der Waals surface area contributed by atoms with Crippen LogP contribution in [0.5, 0.6) is 5.75 Å².